The number of urea groups is 1. The lowest BCUT2D eigenvalue weighted by atomic mass is 10.3. The highest BCUT2D eigenvalue weighted by Gasteiger charge is 2.13. The summed E-state index contributed by atoms with van der Waals surface area (Å²) in [6.07, 6.45) is 0. The number of nitrogens with zero attached hydrogens (tertiary/aromatic N) is 1. The van der Waals surface area contributed by atoms with E-state index in [-0.39, 0.29) is 24.8 Å². The van der Waals surface area contributed by atoms with Gasteiger partial charge in [-0.2, -0.15) is 0 Å². The third-order valence-corrected chi connectivity index (χ3v) is 2.63. The summed E-state index contributed by atoms with van der Waals surface area (Å²) in [5.74, 6) is 0.314. The summed E-state index contributed by atoms with van der Waals surface area (Å²) in [4.78, 5) is 22.4. The number of amides is 3. The number of carbonyl (C=O) groups is 2. The van der Waals surface area contributed by atoms with Gasteiger partial charge >= 0.3 is 6.03 Å². The first-order chi connectivity index (χ1) is 10.6. The highest BCUT2D eigenvalue weighted by molar-refractivity contribution is 5.91. The van der Waals surface area contributed by atoms with Gasteiger partial charge in [0.15, 0.2) is 5.76 Å². The molecule has 3 amide bonds. The lowest BCUT2D eigenvalue weighted by Gasteiger charge is -2.11. The first kappa shape index (κ1) is 15.4. The van der Waals surface area contributed by atoms with Gasteiger partial charge in [-0.05, 0) is 18.2 Å². The largest absolute Gasteiger partial charge is 0.426 e. The van der Waals surface area contributed by atoms with Gasteiger partial charge in [-0.1, -0.05) is 18.2 Å². The zero-order valence-corrected chi connectivity index (χ0v) is 11.6. The fraction of sp³-hybridized carbons (Fsp3) is 0.143. The molecule has 0 radical (unpaired) electrons. The van der Waals surface area contributed by atoms with Crippen molar-refractivity contribution in [2.45, 2.75) is 0 Å². The Balaban J connectivity index is 1.85. The van der Waals surface area contributed by atoms with Crippen molar-refractivity contribution >= 4 is 11.9 Å². The fourth-order valence-corrected chi connectivity index (χ4v) is 1.57. The zero-order valence-electron chi connectivity index (χ0n) is 11.6. The van der Waals surface area contributed by atoms with Crippen molar-refractivity contribution in [3.63, 3.8) is 0 Å². The Bertz CT molecular complexity index is 641. The van der Waals surface area contributed by atoms with Crippen molar-refractivity contribution in [2.24, 2.45) is 5.73 Å². The van der Waals surface area contributed by atoms with Crippen LogP contribution in [-0.4, -0.2) is 35.3 Å². The predicted octanol–water partition coefficient (Wildman–Crippen LogP) is 1.57. The molecule has 0 saturated heterocycles. The summed E-state index contributed by atoms with van der Waals surface area (Å²) in [7, 11) is 0. The molecule has 1 heterocycles. The van der Waals surface area contributed by atoms with Gasteiger partial charge in [-0.25, -0.2) is 9.86 Å². The molecule has 8 heteroatoms. The standard InChI is InChI=1S/C14H15N3O5/c15-14(19)17(20)9-8-16-13(18)11-6-7-12(22-11)21-10-4-2-1-3-5-10/h1-7,20H,8-9H2,(H2,15,19)(H,16,18). The Morgan fingerprint density at radius 3 is 2.64 bits per heavy atom. The molecule has 0 fully saturated rings. The predicted molar refractivity (Wildman–Crippen MR) is 75.6 cm³/mol. The number of nitrogens with two attached hydrogens (primary N) is 1. The van der Waals surface area contributed by atoms with E-state index in [1.807, 2.05) is 18.2 Å². The number of para-hydroxylation sites is 1. The Kier molecular flexibility index (Phi) is 4.99. The average Bonchev–Trinajstić information content (AvgIpc) is 2.96. The van der Waals surface area contributed by atoms with E-state index in [1.165, 1.54) is 12.1 Å². The topological polar surface area (TPSA) is 118 Å². The summed E-state index contributed by atoms with van der Waals surface area (Å²) in [6, 6.07) is 11.0. The second-order valence-electron chi connectivity index (χ2n) is 4.25. The minimum absolute atomic E-state index is 0.0217. The van der Waals surface area contributed by atoms with Crippen LogP contribution in [0.2, 0.25) is 0 Å². The number of benzene rings is 1. The molecule has 0 bridgehead atoms. The normalized spacial score (nSPS) is 10.0. The molecule has 0 atom stereocenters. The molecule has 0 unspecified atom stereocenters. The van der Waals surface area contributed by atoms with E-state index in [0.29, 0.717) is 10.8 Å². The smallest absolute Gasteiger partial charge is 0.338 e. The minimum Gasteiger partial charge on any atom is -0.426 e. The second kappa shape index (κ2) is 7.14. The van der Waals surface area contributed by atoms with Crippen LogP contribution in [-0.2, 0) is 0 Å². The second-order valence-corrected chi connectivity index (χ2v) is 4.25. The molecule has 0 aliphatic heterocycles. The lowest BCUT2D eigenvalue weighted by molar-refractivity contribution is -0.0376. The molecule has 1 aromatic carbocycles. The lowest BCUT2D eigenvalue weighted by Crippen LogP contribution is -2.39. The van der Waals surface area contributed by atoms with Gasteiger partial charge in [-0.15, -0.1) is 0 Å². The van der Waals surface area contributed by atoms with Gasteiger partial charge in [0, 0.05) is 12.6 Å². The van der Waals surface area contributed by atoms with Crippen LogP contribution in [0.1, 0.15) is 10.6 Å². The van der Waals surface area contributed by atoms with Crippen molar-refractivity contribution in [1.29, 1.82) is 0 Å². The number of primary amides is 1. The maximum atomic E-state index is 11.8. The number of hydroxylamine groups is 2. The van der Waals surface area contributed by atoms with Crippen LogP contribution in [0.5, 0.6) is 11.7 Å². The zero-order chi connectivity index (χ0) is 15.9. The van der Waals surface area contributed by atoms with E-state index >= 15 is 0 Å². The van der Waals surface area contributed by atoms with E-state index in [1.54, 1.807) is 12.1 Å². The van der Waals surface area contributed by atoms with Gasteiger partial charge in [0.05, 0.1) is 6.54 Å². The third-order valence-electron chi connectivity index (χ3n) is 2.63. The maximum absolute atomic E-state index is 11.8. The first-order valence-electron chi connectivity index (χ1n) is 6.43. The Hall–Kier alpha value is -3.00. The number of rotatable bonds is 6. The van der Waals surface area contributed by atoms with Crippen LogP contribution < -0.4 is 15.8 Å². The molecule has 22 heavy (non-hydrogen) atoms. The third kappa shape index (κ3) is 4.25. The average molecular weight is 305 g/mol. The van der Waals surface area contributed by atoms with Crippen LogP contribution in [0, 0.1) is 0 Å². The van der Waals surface area contributed by atoms with E-state index in [2.05, 4.69) is 5.32 Å². The highest BCUT2D eigenvalue weighted by Crippen LogP contribution is 2.23. The molecule has 0 aliphatic rings. The van der Waals surface area contributed by atoms with E-state index in [0.717, 1.165) is 0 Å². The number of hydrogen-bond acceptors (Lipinski definition) is 5. The van der Waals surface area contributed by atoms with Crippen LogP contribution in [0.15, 0.2) is 46.9 Å². The van der Waals surface area contributed by atoms with Crippen molar-refractivity contribution in [2.75, 3.05) is 13.1 Å². The highest BCUT2D eigenvalue weighted by atomic mass is 16.6. The molecule has 8 nitrogen and oxygen atoms in total. The maximum Gasteiger partial charge on any atom is 0.338 e. The minimum atomic E-state index is -0.995. The summed E-state index contributed by atoms with van der Waals surface area (Å²) in [5, 5.41) is 11.8. The Labute approximate surface area is 126 Å². The molecule has 0 spiro atoms. The van der Waals surface area contributed by atoms with Gasteiger partial charge < -0.3 is 20.2 Å². The van der Waals surface area contributed by atoms with Gasteiger partial charge in [0.25, 0.3) is 11.9 Å². The molecule has 116 valence electrons. The molecule has 1 aromatic heterocycles. The van der Waals surface area contributed by atoms with Gasteiger partial charge in [-0.3, -0.25) is 10.0 Å². The summed E-state index contributed by atoms with van der Waals surface area (Å²) in [5.41, 5.74) is 4.83. The van der Waals surface area contributed by atoms with Crippen molar-refractivity contribution in [3.05, 3.63) is 48.2 Å². The molecule has 4 N–H and O–H groups in total. The van der Waals surface area contributed by atoms with Crippen molar-refractivity contribution < 1.29 is 24.0 Å². The van der Waals surface area contributed by atoms with Gasteiger partial charge in [0.1, 0.15) is 5.75 Å². The van der Waals surface area contributed by atoms with Gasteiger partial charge in [0.2, 0.25) is 0 Å². The number of nitrogens with one attached hydrogen (secondary N) is 1. The van der Waals surface area contributed by atoms with Crippen LogP contribution in [0.25, 0.3) is 0 Å². The van der Waals surface area contributed by atoms with Crippen LogP contribution >= 0.6 is 0 Å². The Morgan fingerprint density at radius 1 is 1.23 bits per heavy atom. The van der Waals surface area contributed by atoms with E-state index in [9.17, 15) is 9.59 Å². The van der Waals surface area contributed by atoms with Crippen molar-refractivity contribution in [3.8, 4) is 11.7 Å². The molecular weight excluding hydrogens is 290 g/mol. The van der Waals surface area contributed by atoms with Crippen LogP contribution in [0.4, 0.5) is 4.79 Å². The molecule has 0 saturated carbocycles. The van der Waals surface area contributed by atoms with Crippen molar-refractivity contribution in [1.82, 2.24) is 10.4 Å². The molecule has 0 aliphatic carbocycles. The number of ether oxygens (including phenoxy) is 1. The first-order valence-corrected chi connectivity index (χ1v) is 6.43. The quantitative estimate of drug-likeness (QED) is 0.553. The number of carbonyl (C=O) groups excluding carboxylic acids is 2. The van der Waals surface area contributed by atoms with Crippen LogP contribution in [0.3, 0.4) is 0 Å². The Morgan fingerprint density at radius 2 is 1.95 bits per heavy atom. The van der Waals surface area contributed by atoms with E-state index in [4.69, 9.17) is 20.1 Å². The summed E-state index contributed by atoms with van der Waals surface area (Å²) < 4.78 is 10.7. The monoisotopic (exact) mass is 305 g/mol. The number of hydrogen-bond donors (Lipinski definition) is 3. The molecule has 2 rings (SSSR count). The summed E-state index contributed by atoms with van der Waals surface area (Å²) in [6.45, 7) is -0.108. The van der Waals surface area contributed by atoms with E-state index < -0.39 is 11.9 Å². The fourth-order valence-electron chi connectivity index (χ4n) is 1.57. The SMILES string of the molecule is NC(=O)N(O)CCNC(=O)c1ccc(Oc2ccccc2)o1. The number of furan rings is 1. The molecular formula is C14H15N3O5. The summed E-state index contributed by atoms with van der Waals surface area (Å²) >= 11 is 0. The molecule has 2 aromatic rings.